The van der Waals surface area contributed by atoms with Crippen molar-refractivity contribution in [3.05, 3.63) is 71.1 Å². The van der Waals surface area contributed by atoms with Gasteiger partial charge in [0.2, 0.25) is 0 Å². The minimum atomic E-state index is -0.244. The number of carbonyl (C=O) groups is 1. The van der Waals surface area contributed by atoms with Crippen molar-refractivity contribution in [2.45, 2.75) is 38.8 Å². The molecular weight excluding hydrogens is 404 g/mol. The fourth-order valence-corrected chi connectivity index (χ4v) is 3.89. The summed E-state index contributed by atoms with van der Waals surface area (Å²) in [5.41, 5.74) is 2.32. The summed E-state index contributed by atoms with van der Waals surface area (Å²) in [5.74, 6) is 1.54. The van der Waals surface area contributed by atoms with Crippen LogP contribution < -0.4 is 9.30 Å². The molecule has 5 heteroatoms. The maximum absolute atomic E-state index is 12.5. The highest BCUT2D eigenvalue weighted by Gasteiger charge is 2.27. The maximum Gasteiger partial charge on any atom is 0.353 e. The lowest BCUT2D eigenvalue weighted by molar-refractivity contribution is -0.692. The number of nitrogens with zero attached hydrogens (tertiary/aromatic N) is 2. The summed E-state index contributed by atoms with van der Waals surface area (Å²) in [6, 6.07) is 17.6. The number of aromatic nitrogens is 2. The highest BCUT2D eigenvalue weighted by atomic mass is 79.9. The first kappa shape index (κ1) is 18.0. The zero-order valence-corrected chi connectivity index (χ0v) is 16.7. The number of para-hydroxylation sites is 1. The Bertz CT molecular complexity index is 933. The molecule has 4 rings (SSSR count). The smallest absolute Gasteiger partial charge is 0.353 e. The first-order valence-electron chi connectivity index (χ1n) is 9.34. The van der Waals surface area contributed by atoms with Crippen LogP contribution in [0.2, 0.25) is 0 Å². The number of fused-ring (bicyclic) bond motifs is 1. The van der Waals surface area contributed by atoms with Crippen molar-refractivity contribution in [2.75, 3.05) is 0 Å². The molecule has 3 aromatic rings. The van der Waals surface area contributed by atoms with Crippen LogP contribution in [0.25, 0.3) is 11.3 Å². The lowest BCUT2D eigenvalue weighted by Crippen LogP contribution is -2.42. The van der Waals surface area contributed by atoms with Gasteiger partial charge in [0.1, 0.15) is 11.9 Å². The number of benzene rings is 2. The number of imidazole rings is 1. The zero-order chi connectivity index (χ0) is 18.6. The summed E-state index contributed by atoms with van der Waals surface area (Å²) in [5, 5.41) is 0. The van der Waals surface area contributed by atoms with Gasteiger partial charge < -0.3 is 4.74 Å². The van der Waals surface area contributed by atoms with Crippen molar-refractivity contribution in [1.82, 2.24) is 4.57 Å². The molecule has 138 valence electrons. The van der Waals surface area contributed by atoms with E-state index in [0.717, 1.165) is 35.1 Å². The maximum atomic E-state index is 12.5. The topological polar surface area (TPSA) is 35.1 Å². The molecule has 2 heterocycles. The molecule has 0 radical (unpaired) electrons. The molecule has 0 saturated carbocycles. The van der Waals surface area contributed by atoms with Gasteiger partial charge in [-0.15, -0.1) is 0 Å². The predicted octanol–water partition coefficient (Wildman–Crippen LogP) is 4.54. The summed E-state index contributed by atoms with van der Waals surface area (Å²) in [6.45, 7) is 1.21. The number of rotatable bonds is 4. The summed E-state index contributed by atoms with van der Waals surface area (Å²) in [6.07, 6.45) is 6.61. The second kappa shape index (κ2) is 8.09. The van der Waals surface area contributed by atoms with Crippen molar-refractivity contribution in [2.24, 2.45) is 0 Å². The average Bonchev–Trinajstić information content (AvgIpc) is 2.85. The van der Waals surface area contributed by atoms with E-state index in [4.69, 9.17) is 4.74 Å². The molecule has 0 amide bonds. The van der Waals surface area contributed by atoms with E-state index in [0.29, 0.717) is 5.75 Å². The minimum absolute atomic E-state index is 0.223. The molecule has 27 heavy (non-hydrogen) atoms. The molecule has 0 bridgehead atoms. The molecule has 1 aliphatic heterocycles. The van der Waals surface area contributed by atoms with Gasteiger partial charge in [-0.05, 0) is 55.7 Å². The molecule has 0 saturated heterocycles. The van der Waals surface area contributed by atoms with E-state index >= 15 is 0 Å². The van der Waals surface area contributed by atoms with E-state index in [1.807, 2.05) is 18.2 Å². The monoisotopic (exact) mass is 425 g/mol. The lowest BCUT2D eigenvalue weighted by atomic mass is 10.1. The van der Waals surface area contributed by atoms with Gasteiger partial charge >= 0.3 is 5.97 Å². The summed E-state index contributed by atoms with van der Waals surface area (Å²) in [7, 11) is 0. The number of hydrogen-bond donors (Lipinski definition) is 0. The van der Waals surface area contributed by atoms with Crippen LogP contribution in [0.1, 0.15) is 25.1 Å². The van der Waals surface area contributed by atoms with E-state index < -0.39 is 0 Å². The fourth-order valence-electron chi connectivity index (χ4n) is 3.62. The Morgan fingerprint density at radius 3 is 2.59 bits per heavy atom. The van der Waals surface area contributed by atoms with Gasteiger partial charge in [0.05, 0.1) is 6.54 Å². The molecule has 0 unspecified atom stereocenters. The Labute approximate surface area is 167 Å². The summed E-state index contributed by atoms with van der Waals surface area (Å²) >= 11 is 3.50. The highest BCUT2D eigenvalue weighted by Crippen LogP contribution is 2.25. The first-order valence-corrected chi connectivity index (χ1v) is 10.1. The third kappa shape index (κ3) is 4.14. The quantitative estimate of drug-likeness (QED) is 0.349. The molecule has 0 aliphatic carbocycles. The Kier molecular flexibility index (Phi) is 5.39. The van der Waals surface area contributed by atoms with Gasteiger partial charge in [-0.3, -0.25) is 0 Å². The molecular formula is C22H22BrN2O2+. The van der Waals surface area contributed by atoms with Crippen LogP contribution >= 0.6 is 15.9 Å². The molecule has 2 aromatic carbocycles. The van der Waals surface area contributed by atoms with Crippen LogP contribution in [-0.2, 0) is 24.3 Å². The zero-order valence-electron chi connectivity index (χ0n) is 15.1. The Morgan fingerprint density at radius 2 is 1.81 bits per heavy atom. The Morgan fingerprint density at radius 1 is 1.04 bits per heavy atom. The second-order valence-corrected chi connectivity index (χ2v) is 7.73. The number of esters is 1. The van der Waals surface area contributed by atoms with E-state index in [9.17, 15) is 4.79 Å². The molecule has 0 spiro atoms. The molecule has 0 N–H and O–H groups in total. The normalized spacial score (nSPS) is 13.7. The second-order valence-electron chi connectivity index (χ2n) is 6.81. The molecule has 1 aliphatic rings. The van der Waals surface area contributed by atoms with E-state index in [2.05, 4.69) is 55.5 Å². The van der Waals surface area contributed by atoms with Gasteiger partial charge in [-0.2, -0.15) is 0 Å². The SMILES string of the molecule is O=C(C[n+]1cc(-c2ccc(Br)cc2)n2c1CCCCC2)Oc1ccccc1. The van der Waals surface area contributed by atoms with E-state index in [1.165, 1.54) is 18.7 Å². The fraction of sp³-hybridized carbons (Fsp3) is 0.273. The van der Waals surface area contributed by atoms with Crippen molar-refractivity contribution in [3.8, 4) is 17.0 Å². The molecule has 1 aromatic heterocycles. The van der Waals surface area contributed by atoms with Crippen LogP contribution in [-0.4, -0.2) is 10.5 Å². The van der Waals surface area contributed by atoms with Crippen LogP contribution in [0.5, 0.6) is 5.75 Å². The molecule has 4 nitrogen and oxygen atoms in total. The van der Waals surface area contributed by atoms with Gasteiger partial charge in [0.25, 0.3) is 5.82 Å². The van der Waals surface area contributed by atoms with Gasteiger partial charge in [-0.25, -0.2) is 13.9 Å². The van der Waals surface area contributed by atoms with Gasteiger partial charge in [0, 0.05) is 16.5 Å². The molecule has 0 atom stereocenters. The van der Waals surface area contributed by atoms with Gasteiger partial charge in [-0.1, -0.05) is 34.1 Å². The van der Waals surface area contributed by atoms with E-state index in [-0.39, 0.29) is 12.5 Å². The third-order valence-electron chi connectivity index (χ3n) is 4.91. The largest absolute Gasteiger partial charge is 0.424 e. The predicted molar refractivity (Wildman–Crippen MR) is 107 cm³/mol. The van der Waals surface area contributed by atoms with Crippen molar-refractivity contribution >= 4 is 21.9 Å². The van der Waals surface area contributed by atoms with Crippen LogP contribution in [0, 0.1) is 0 Å². The van der Waals surface area contributed by atoms with Crippen LogP contribution in [0.4, 0.5) is 0 Å². The minimum Gasteiger partial charge on any atom is -0.424 e. The van der Waals surface area contributed by atoms with Crippen molar-refractivity contribution in [1.29, 1.82) is 0 Å². The van der Waals surface area contributed by atoms with Crippen molar-refractivity contribution < 1.29 is 14.1 Å². The van der Waals surface area contributed by atoms with Crippen LogP contribution in [0.15, 0.2) is 65.3 Å². The molecule has 0 fully saturated rings. The number of carbonyl (C=O) groups excluding carboxylic acids is 1. The van der Waals surface area contributed by atoms with Crippen molar-refractivity contribution in [3.63, 3.8) is 0 Å². The lowest BCUT2D eigenvalue weighted by Gasteiger charge is -2.04. The number of halogens is 1. The Balaban J connectivity index is 1.64. The third-order valence-corrected chi connectivity index (χ3v) is 5.44. The Hall–Kier alpha value is -2.40. The first-order chi connectivity index (χ1) is 13.2. The van der Waals surface area contributed by atoms with Crippen LogP contribution in [0.3, 0.4) is 0 Å². The van der Waals surface area contributed by atoms with E-state index in [1.54, 1.807) is 12.1 Å². The standard InChI is InChI=1S/C22H22BrN2O2/c23-18-12-10-17(11-13-18)20-15-24(21-9-5-2-6-14-25(20)21)16-22(26)27-19-7-3-1-4-8-19/h1,3-4,7-8,10-13,15H,2,5-6,9,14,16H2/q+1. The average molecular weight is 426 g/mol. The number of ether oxygens (including phenoxy) is 1. The summed E-state index contributed by atoms with van der Waals surface area (Å²) < 4.78 is 11.0. The highest BCUT2D eigenvalue weighted by molar-refractivity contribution is 9.10. The summed E-state index contributed by atoms with van der Waals surface area (Å²) in [4.78, 5) is 12.5. The number of hydrogen-bond acceptors (Lipinski definition) is 2. The van der Waals surface area contributed by atoms with Gasteiger partial charge in [0.15, 0.2) is 12.2 Å².